The first kappa shape index (κ1) is 20.5. The van der Waals surface area contributed by atoms with Gasteiger partial charge in [-0.25, -0.2) is 0 Å². The van der Waals surface area contributed by atoms with Crippen LogP contribution in [0.5, 0.6) is 5.75 Å². The molecule has 9 heteroatoms. The van der Waals surface area contributed by atoms with Gasteiger partial charge in [0.25, 0.3) is 0 Å². The number of hydrogen-bond acceptors (Lipinski definition) is 2. The van der Waals surface area contributed by atoms with Gasteiger partial charge in [0.15, 0.2) is 0 Å². The van der Waals surface area contributed by atoms with E-state index in [2.05, 4.69) is 0 Å². The van der Waals surface area contributed by atoms with Gasteiger partial charge in [-0.3, -0.25) is 0 Å². The fourth-order valence-corrected chi connectivity index (χ4v) is 1.85. The number of benzene rings is 1. The summed E-state index contributed by atoms with van der Waals surface area (Å²) >= 11 is 0. The molecule has 0 aliphatic rings. The highest BCUT2D eigenvalue weighted by Crippen LogP contribution is 2.50. The highest BCUT2D eigenvalue weighted by molar-refractivity contribution is 5.35. The molecule has 0 spiro atoms. The molecule has 138 valence electrons. The maximum Gasteiger partial charge on any atom is 0.459 e. The van der Waals surface area contributed by atoms with E-state index in [1.165, 1.54) is 18.2 Å². The molecule has 0 aliphatic heterocycles. The molecule has 2 unspecified atom stereocenters. The Hall–Kier alpha value is -1.51. The summed E-state index contributed by atoms with van der Waals surface area (Å²) in [5.41, 5.74) is -0.282. The minimum atomic E-state index is -6.43. The highest BCUT2D eigenvalue weighted by Gasteiger charge is 2.72. The first-order valence-corrected chi connectivity index (χ1v) is 7.09. The van der Waals surface area contributed by atoms with Gasteiger partial charge in [-0.05, 0) is 19.4 Å². The molecular weight excluding hydrogens is 345 g/mol. The predicted molar refractivity (Wildman–Crippen MR) is 72.3 cm³/mol. The minimum Gasteiger partial charge on any atom is -0.490 e. The molecule has 0 radical (unpaired) electrons. The zero-order valence-corrected chi connectivity index (χ0v) is 12.9. The summed E-state index contributed by atoms with van der Waals surface area (Å²) in [6.45, 7) is 3.41. The molecule has 0 saturated heterocycles. The summed E-state index contributed by atoms with van der Waals surface area (Å²) in [6.07, 6.45) is -10.6. The molecule has 0 bridgehead atoms. The van der Waals surface area contributed by atoms with Gasteiger partial charge in [0.1, 0.15) is 5.75 Å². The minimum absolute atomic E-state index is 0.0505. The van der Waals surface area contributed by atoms with Crippen molar-refractivity contribution < 1.29 is 40.6 Å². The van der Waals surface area contributed by atoms with Gasteiger partial charge < -0.3 is 9.84 Å². The van der Waals surface area contributed by atoms with Crippen molar-refractivity contribution in [2.45, 2.75) is 56.9 Å². The van der Waals surface area contributed by atoms with Crippen molar-refractivity contribution in [3.05, 3.63) is 29.8 Å². The van der Waals surface area contributed by atoms with Gasteiger partial charge >= 0.3 is 18.0 Å². The van der Waals surface area contributed by atoms with E-state index in [0.717, 1.165) is 6.07 Å². The number of halogens is 7. The van der Waals surface area contributed by atoms with Crippen molar-refractivity contribution in [3.63, 3.8) is 0 Å². The molecule has 0 saturated carbocycles. The lowest BCUT2D eigenvalue weighted by Gasteiger charge is -2.30. The van der Waals surface area contributed by atoms with Crippen LogP contribution in [0.2, 0.25) is 0 Å². The third-order valence-electron chi connectivity index (χ3n) is 3.45. The van der Waals surface area contributed by atoms with Gasteiger partial charge in [0.05, 0.1) is 12.2 Å². The Morgan fingerprint density at radius 1 is 1.04 bits per heavy atom. The maximum absolute atomic E-state index is 13.4. The Balaban J connectivity index is 3.05. The zero-order valence-electron chi connectivity index (χ0n) is 12.9. The van der Waals surface area contributed by atoms with Crippen LogP contribution in [0.3, 0.4) is 0 Å². The van der Waals surface area contributed by atoms with Crippen molar-refractivity contribution in [1.29, 1.82) is 0 Å². The molecule has 0 fully saturated rings. The van der Waals surface area contributed by atoms with E-state index in [1.54, 1.807) is 13.8 Å². The summed E-state index contributed by atoms with van der Waals surface area (Å²) in [5.74, 6) is -11.8. The third-order valence-corrected chi connectivity index (χ3v) is 3.45. The van der Waals surface area contributed by atoms with Crippen LogP contribution in [0.4, 0.5) is 30.7 Å². The van der Waals surface area contributed by atoms with E-state index in [-0.39, 0.29) is 17.4 Å². The summed E-state index contributed by atoms with van der Waals surface area (Å²) in [6, 6.07) is 5.22. The van der Waals surface area contributed by atoms with E-state index in [0.29, 0.717) is 6.42 Å². The largest absolute Gasteiger partial charge is 0.490 e. The Labute approximate surface area is 134 Å². The van der Waals surface area contributed by atoms with Crippen molar-refractivity contribution in [2.75, 3.05) is 0 Å². The molecule has 2 atom stereocenters. The van der Waals surface area contributed by atoms with Crippen LogP contribution in [-0.2, 0) is 0 Å². The van der Waals surface area contributed by atoms with Gasteiger partial charge in [0.2, 0.25) is 0 Å². The van der Waals surface area contributed by atoms with Crippen molar-refractivity contribution >= 4 is 0 Å². The predicted octanol–water partition coefficient (Wildman–Crippen LogP) is 5.12. The normalized spacial score (nSPS) is 15.9. The summed E-state index contributed by atoms with van der Waals surface area (Å²) in [4.78, 5) is 0. The standard InChI is InChI=1S/C15H17F7O2/c1-3-9(2)24-12-7-5-4-6-10(12)11(23)8-13(16,17)14(18,19)15(20,21)22/h4-7,9,11,23H,3,8H2,1-2H3. The second kappa shape index (κ2) is 7.16. The molecule has 0 amide bonds. The summed E-state index contributed by atoms with van der Waals surface area (Å²) in [7, 11) is 0. The molecule has 0 aliphatic carbocycles. The molecule has 2 nitrogen and oxygen atoms in total. The molecule has 0 heterocycles. The van der Waals surface area contributed by atoms with Gasteiger partial charge in [-0.1, -0.05) is 25.1 Å². The number of alkyl halides is 7. The summed E-state index contributed by atoms with van der Waals surface area (Å²) in [5, 5.41) is 9.79. The first-order valence-electron chi connectivity index (χ1n) is 7.09. The Morgan fingerprint density at radius 3 is 2.08 bits per heavy atom. The Morgan fingerprint density at radius 2 is 1.58 bits per heavy atom. The fourth-order valence-electron chi connectivity index (χ4n) is 1.85. The van der Waals surface area contributed by atoms with Gasteiger partial charge in [-0.2, -0.15) is 30.7 Å². The van der Waals surface area contributed by atoms with Crippen LogP contribution in [0.15, 0.2) is 24.3 Å². The van der Waals surface area contributed by atoms with Gasteiger partial charge in [0, 0.05) is 12.0 Å². The number of rotatable bonds is 7. The topological polar surface area (TPSA) is 29.5 Å². The van der Waals surface area contributed by atoms with E-state index >= 15 is 0 Å². The van der Waals surface area contributed by atoms with Crippen LogP contribution in [0.25, 0.3) is 0 Å². The molecular formula is C15H17F7O2. The SMILES string of the molecule is CCC(C)Oc1ccccc1C(O)CC(F)(F)C(F)(F)C(F)(F)F. The molecule has 1 rings (SSSR count). The van der Waals surface area contributed by atoms with Crippen molar-refractivity contribution in [3.8, 4) is 5.75 Å². The lowest BCUT2D eigenvalue weighted by atomic mass is 9.98. The lowest BCUT2D eigenvalue weighted by molar-refractivity contribution is -0.358. The zero-order chi connectivity index (χ0) is 18.8. The second-order valence-corrected chi connectivity index (χ2v) is 5.37. The number of aliphatic hydroxyl groups excluding tert-OH is 1. The second-order valence-electron chi connectivity index (χ2n) is 5.37. The van der Waals surface area contributed by atoms with E-state index < -0.39 is 30.5 Å². The van der Waals surface area contributed by atoms with E-state index in [9.17, 15) is 35.8 Å². The molecule has 1 N–H and O–H groups in total. The van der Waals surface area contributed by atoms with Crippen LogP contribution in [0.1, 0.15) is 38.4 Å². The number of ether oxygens (including phenoxy) is 1. The average molecular weight is 362 g/mol. The van der Waals surface area contributed by atoms with Gasteiger partial charge in [-0.15, -0.1) is 0 Å². The Bertz CT molecular complexity index is 543. The lowest BCUT2D eigenvalue weighted by Crippen LogP contribution is -2.52. The Kier molecular flexibility index (Phi) is 6.13. The maximum atomic E-state index is 13.4. The van der Waals surface area contributed by atoms with Crippen LogP contribution >= 0.6 is 0 Å². The van der Waals surface area contributed by atoms with Crippen LogP contribution in [0, 0.1) is 0 Å². The number of para-hydroxylation sites is 1. The van der Waals surface area contributed by atoms with E-state index in [1.807, 2.05) is 0 Å². The molecule has 1 aromatic carbocycles. The van der Waals surface area contributed by atoms with Crippen LogP contribution in [-0.4, -0.2) is 29.2 Å². The highest BCUT2D eigenvalue weighted by atomic mass is 19.4. The fraction of sp³-hybridized carbons (Fsp3) is 0.600. The smallest absolute Gasteiger partial charge is 0.459 e. The van der Waals surface area contributed by atoms with Crippen molar-refractivity contribution in [2.24, 2.45) is 0 Å². The number of aliphatic hydroxyl groups is 1. The quantitative estimate of drug-likeness (QED) is 0.682. The third kappa shape index (κ3) is 4.31. The number of hydrogen-bond donors (Lipinski definition) is 1. The monoisotopic (exact) mass is 362 g/mol. The first-order chi connectivity index (χ1) is 10.8. The van der Waals surface area contributed by atoms with Crippen molar-refractivity contribution in [1.82, 2.24) is 0 Å². The summed E-state index contributed by atoms with van der Waals surface area (Å²) < 4.78 is 94.5. The van der Waals surface area contributed by atoms with E-state index in [4.69, 9.17) is 4.74 Å². The molecule has 24 heavy (non-hydrogen) atoms. The molecule has 1 aromatic rings. The molecule has 0 aromatic heterocycles. The average Bonchev–Trinajstić information content (AvgIpc) is 2.45. The van der Waals surface area contributed by atoms with Crippen LogP contribution < -0.4 is 4.74 Å².